The molecule has 3 heterocycles. The second-order valence-electron chi connectivity index (χ2n) is 6.30. The molecule has 120 valence electrons. The van der Waals surface area contributed by atoms with E-state index in [1.807, 2.05) is 12.3 Å². The van der Waals surface area contributed by atoms with Gasteiger partial charge in [0.15, 0.2) is 0 Å². The molecule has 2 aliphatic rings. The van der Waals surface area contributed by atoms with Gasteiger partial charge >= 0.3 is 0 Å². The Bertz CT molecular complexity index is 643. The Morgan fingerprint density at radius 1 is 0.783 bits per heavy atom. The molecule has 0 amide bonds. The maximum absolute atomic E-state index is 4.64. The molecule has 0 bridgehead atoms. The van der Waals surface area contributed by atoms with E-state index in [1.54, 1.807) is 0 Å². The van der Waals surface area contributed by atoms with E-state index < -0.39 is 0 Å². The molecule has 2 fully saturated rings. The summed E-state index contributed by atoms with van der Waals surface area (Å²) in [5.74, 6) is 1.69. The SMILES string of the molecule is c1cc(N2CCCC2)nc(Nc2ccc(N3CCCC3)cc2)n1. The standard InChI is InChI=1S/C18H23N5/c1-2-12-22(11-1)16-7-5-15(6-8-16)20-18-19-10-9-17(21-18)23-13-3-4-14-23/h5-10H,1-4,11-14H2,(H,19,20,21). The van der Waals surface area contributed by atoms with Gasteiger partial charge in [-0.25, -0.2) is 4.98 Å². The second kappa shape index (κ2) is 6.44. The first kappa shape index (κ1) is 14.3. The fourth-order valence-electron chi connectivity index (χ4n) is 3.39. The summed E-state index contributed by atoms with van der Waals surface area (Å²) in [5.41, 5.74) is 2.34. The molecule has 0 unspecified atom stereocenters. The molecule has 2 saturated heterocycles. The minimum absolute atomic E-state index is 0.670. The third-order valence-electron chi connectivity index (χ3n) is 4.67. The Balaban J connectivity index is 1.46. The maximum Gasteiger partial charge on any atom is 0.229 e. The van der Waals surface area contributed by atoms with E-state index in [-0.39, 0.29) is 0 Å². The number of anilines is 4. The van der Waals surface area contributed by atoms with Gasteiger partial charge in [0.25, 0.3) is 0 Å². The Morgan fingerprint density at radius 2 is 1.43 bits per heavy atom. The number of hydrogen-bond acceptors (Lipinski definition) is 5. The van der Waals surface area contributed by atoms with Crippen LogP contribution in [0.5, 0.6) is 0 Å². The van der Waals surface area contributed by atoms with Crippen molar-refractivity contribution < 1.29 is 0 Å². The summed E-state index contributed by atoms with van der Waals surface area (Å²) in [6, 6.07) is 10.6. The molecule has 0 spiro atoms. The van der Waals surface area contributed by atoms with Gasteiger partial charge < -0.3 is 15.1 Å². The number of nitrogens with one attached hydrogen (secondary N) is 1. The number of rotatable bonds is 4. The minimum atomic E-state index is 0.670. The van der Waals surface area contributed by atoms with Gasteiger partial charge in [-0.2, -0.15) is 4.98 Å². The molecule has 5 nitrogen and oxygen atoms in total. The van der Waals surface area contributed by atoms with Gasteiger partial charge in [0.2, 0.25) is 5.95 Å². The first-order valence-corrected chi connectivity index (χ1v) is 8.58. The molecule has 1 aromatic carbocycles. The van der Waals surface area contributed by atoms with Crippen molar-refractivity contribution in [1.29, 1.82) is 0 Å². The van der Waals surface area contributed by atoms with Gasteiger partial charge in [0.05, 0.1) is 0 Å². The van der Waals surface area contributed by atoms with Crippen molar-refractivity contribution in [1.82, 2.24) is 9.97 Å². The Morgan fingerprint density at radius 3 is 2.13 bits per heavy atom. The maximum atomic E-state index is 4.64. The summed E-state index contributed by atoms with van der Waals surface area (Å²) in [6.45, 7) is 4.55. The Hall–Kier alpha value is -2.30. The van der Waals surface area contributed by atoms with Crippen molar-refractivity contribution in [2.24, 2.45) is 0 Å². The largest absolute Gasteiger partial charge is 0.372 e. The quantitative estimate of drug-likeness (QED) is 0.937. The highest BCUT2D eigenvalue weighted by Crippen LogP contribution is 2.24. The molecule has 23 heavy (non-hydrogen) atoms. The van der Waals surface area contributed by atoms with Crippen molar-refractivity contribution in [3.8, 4) is 0 Å². The highest BCUT2D eigenvalue weighted by Gasteiger charge is 2.14. The highest BCUT2D eigenvalue weighted by molar-refractivity contribution is 5.60. The van der Waals surface area contributed by atoms with Crippen molar-refractivity contribution in [3.05, 3.63) is 36.5 Å². The number of hydrogen-bond donors (Lipinski definition) is 1. The van der Waals surface area contributed by atoms with Crippen LogP contribution in [0.25, 0.3) is 0 Å². The van der Waals surface area contributed by atoms with E-state index in [4.69, 9.17) is 0 Å². The molecular formula is C18H23N5. The van der Waals surface area contributed by atoms with Crippen LogP contribution in [0.4, 0.5) is 23.1 Å². The summed E-state index contributed by atoms with van der Waals surface area (Å²) in [6.07, 6.45) is 6.95. The van der Waals surface area contributed by atoms with E-state index in [0.717, 1.165) is 24.6 Å². The molecule has 0 aliphatic carbocycles. The van der Waals surface area contributed by atoms with Crippen LogP contribution in [0.15, 0.2) is 36.5 Å². The molecule has 0 radical (unpaired) electrons. The highest BCUT2D eigenvalue weighted by atomic mass is 15.2. The summed E-state index contributed by atoms with van der Waals surface area (Å²) in [4.78, 5) is 13.8. The zero-order valence-electron chi connectivity index (χ0n) is 13.4. The number of nitrogens with zero attached hydrogens (tertiary/aromatic N) is 4. The molecule has 1 N–H and O–H groups in total. The summed E-state index contributed by atoms with van der Waals surface area (Å²) in [7, 11) is 0. The summed E-state index contributed by atoms with van der Waals surface area (Å²) >= 11 is 0. The van der Waals surface area contributed by atoms with Crippen LogP contribution in [0.2, 0.25) is 0 Å². The summed E-state index contributed by atoms with van der Waals surface area (Å²) < 4.78 is 0. The molecule has 2 aromatic rings. The lowest BCUT2D eigenvalue weighted by Crippen LogP contribution is -2.19. The molecule has 4 rings (SSSR count). The van der Waals surface area contributed by atoms with E-state index in [0.29, 0.717) is 5.95 Å². The third kappa shape index (κ3) is 3.23. The monoisotopic (exact) mass is 309 g/mol. The summed E-state index contributed by atoms with van der Waals surface area (Å²) in [5, 5.41) is 3.32. The fourth-order valence-corrected chi connectivity index (χ4v) is 3.39. The van der Waals surface area contributed by atoms with Crippen molar-refractivity contribution in [3.63, 3.8) is 0 Å². The van der Waals surface area contributed by atoms with Gasteiger partial charge in [-0.3, -0.25) is 0 Å². The molecule has 5 heteroatoms. The van der Waals surface area contributed by atoms with Crippen molar-refractivity contribution in [2.75, 3.05) is 41.3 Å². The predicted molar refractivity (Wildman–Crippen MR) is 94.7 cm³/mol. The van der Waals surface area contributed by atoms with E-state index in [2.05, 4.69) is 49.4 Å². The second-order valence-corrected chi connectivity index (χ2v) is 6.30. The van der Waals surface area contributed by atoms with Gasteiger partial charge in [-0.05, 0) is 56.0 Å². The predicted octanol–water partition coefficient (Wildman–Crippen LogP) is 3.42. The normalized spacial score (nSPS) is 17.7. The average Bonchev–Trinajstić information content (AvgIpc) is 3.30. The van der Waals surface area contributed by atoms with Gasteiger partial charge in [0, 0.05) is 43.8 Å². The van der Waals surface area contributed by atoms with Crippen molar-refractivity contribution in [2.45, 2.75) is 25.7 Å². The first-order valence-electron chi connectivity index (χ1n) is 8.58. The van der Waals surface area contributed by atoms with E-state index >= 15 is 0 Å². The number of benzene rings is 1. The van der Waals surface area contributed by atoms with Crippen LogP contribution in [-0.4, -0.2) is 36.1 Å². The van der Waals surface area contributed by atoms with Gasteiger partial charge in [0.1, 0.15) is 5.82 Å². The average molecular weight is 309 g/mol. The fraction of sp³-hybridized carbons (Fsp3) is 0.444. The Kier molecular flexibility index (Phi) is 4.01. The molecule has 0 saturated carbocycles. The van der Waals surface area contributed by atoms with E-state index in [9.17, 15) is 0 Å². The van der Waals surface area contributed by atoms with Crippen molar-refractivity contribution >= 4 is 23.1 Å². The van der Waals surface area contributed by atoms with Gasteiger partial charge in [-0.15, -0.1) is 0 Å². The minimum Gasteiger partial charge on any atom is -0.372 e. The van der Waals surface area contributed by atoms with Crippen LogP contribution >= 0.6 is 0 Å². The van der Waals surface area contributed by atoms with Crippen LogP contribution in [0, 0.1) is 0 Å². The van der Waals surface area contributed by atoms with E-state index in [1.165, 1.54) is 44.5 Å². The number of aromatic nitrogens is 2. The van der Waals surface area contributed by atoms with Crippen LogP contribution < -0.4 is 15.1 Å². The van der Waals surface area contributed by atoms with Crippen LogP contribution in [0.3, 0.4) is 0 Å². The first-order chi connectivity index (χ1) is 11.4. The molecular weight excluding hydrogens is 286 g/mol. The van der Waals surface area contributed by atoms with Crippen LogP contribution in [0.1, 0.15) is 25.7 Å². The van der Waals surface area contributed by atoms with Gasteiger partial charge in [-0.1, -0.05) is 0 Å². The van der Waals surface area contributed by atoms with Crippen LogP contribution in [-0.2, 0) is 0 Å². The zero-order valence-corrected chi connectivity index (χ0v) is 13.4. The zero-order chi connectivity index (χ0) is 15.5. The third-order valence-corrected chi connectivity index (χ3v) is 4.67. The topological polar surface area (TPSA) is 44.3 Å². The lowest BCUT2D eigenvalue weighted by molar-refractivity contribution is 0.930. The lowest BCUT2D eigenvalue weighted by Gasteiger charge is -2.18. The Labute approximate surface area is 137 Å². The molecule has 2 aliphatic heterocycles. The smallest absolute Gasteiger partial charge is 0.229 e. The molecule has 1 aromatic heterocycles. The lowest BCUT2D eigenvalue weighted by atomic mass is 10.2. The molecule has 0 atom stereocenters.